The van der Waals surface area contributed by atoms with Crippen LogP contribution in [0.5, 0.6) is 0 Å². The molecule has 0 unspecified atom stereocenters. The summed E-state index contributed by atoms with van der Waals surface area (Å²) >= 11 is 1.43. The number of amides is 1. The van der Waals surface area contributed by atoms with Crippen LogP contribution in [-0.4, -0.2) is 33.7 Å². The minimum Gasteiger partial charge on any atom is -0.481 e. The zero-order valence-electron chi connectivity index (χ0n) is 14.9. The van der Waals surface area contributed by atoms with E-state index in [2.05, 4.69) is 5.32 Å². The molecule has 2 N–H and O–H groups in total. The van der Waals surface area contributed by atoms with Crippen molar-refractivity contribution < 1.29 is 19.6 Å². The Morgan fingerprint density at radius 2 is 1.92 bits per heavy atom. The van der Waals surface area contributed by atoms with Crippen LogP contribution in [-0.2, 0) is 4.79 Å². The fourth-order valence-electron chi connectivity index (χ4n) is 2.39. The number of thioether (sulfide) groups is 1. The lowest BCUT2D eigenvalue weighted by atomic mass is 9.82. The van der Waals surface area contributed by atoms with Crippen molar-refractivity contribution >= 4 is 29.3 Å². The van der Waals surface area contributed by atoms with E-state index in [1.165, 1.54) is 23.9 Å². The highest BCUT2D eigenvalue weighted by Crippen LogP contribution is 2.30. The Morgan fingerprint density at radius 3 is 2.36 bits per heavy atom. The number of hydrogen-bond donors (Lipinski definition) is 2. The molecule has 0 bridgehead atoms. The number of aliphatic carboxylic acids is 1. The second-order valence-corrected chi connectivity index (χ2v) is 7.70. The number of carbonyl (C=O) groups excluding carboxylic acids is 1. The summed E-state index contributed by atoms with van der Waals surface area (Å²) < 4.78 is 0. The van der Waals surface area contributed by atoms with E-state index < -0.39 is 22.2 Å². The molecule has 0 radical (unpaired) electrons. The first-order valence-corrected chi connectivity index (χ1v) is 9.01. The molecule has 7 nitrogen and oxygen atoms in total. The molecule has 0 heterocycles. The third kappa shape index (κ3) is 5.19. The Morgan fingerprint density at radius 1 is 1.32 bits per heavy atom. The average Bonchev–Trinajstić information content (AvgIpc) is 2.55. The van der Waals surface area contributed by atoms with Crippen LogP contribution in [0.3, 0.4) is 0 Å². The molecule has 1 aromatic rings. The molecule has 138 valence electrons. The van der Waals surface area contributed by atoms with E-state index in [0.717, 1.165) is 0 Å². The monoisotopic (exact) mass is 368 g/mol. The van der Waals surface area contributed by atoms with Gasteiger partial charge < -0.3 is 10.4 Å². The molecule has 0 aromatic heterocycles. The maximum Gasteiger partial charge on any atom is 0.311 e. The van der Waals surface area contributed by atoms with Crippen LogP contribution in [0.25, 0.3) is 0 Å². The fourth-order valence-corrected chi connectivity index (χ4v) is 3.32. The summed E-state index contributed by atoms with van der Waals surface area (Å²) in [6.45, 7) is 7.41. The predicted octanol–water partition coefficient (Wildman–Crippen LogP) is 3.72. The van der Waals surface area contributed by atoms with Gasteiger partial charge in [0.2, 0.25) is 0 Å². The summed E-state index contributed by atoms with van der Waals surface area (Å²) in [5.74, 6) is -1.46. The predicted molar refractivity (Wildman–Crippen MR) is 97.1 cm³/mol. The topological polar surface area (TPSA) is 110 Å². The largest absolute Gasteiger partial charge is 0.481 e. The maximum atomic E-state index is 12.6. The van der Waals surface area contributed by atoms with Gasteiger partial charge in [-0.05, 0) is 18.9 Å². The van der Waals surface area contributed by atoms with E-state index in [1.807, 2.05) is 13.8 Å². The van der Waals surface area contributed by atoms with Crippen molar-refractivity contribution in [1.82, 2.24) is 5.32 Å². The Kier molecular flexibility index (Phi) is 7.41. The first-order chi connectivity index (χ1) is 11.7. The van der Waals surface area contributed by atoms with Crippen LogP contribution >= 0.6 is 11.8 Å². The molecule has 0 aliphatic rings. The molecule has 25 heavy (non-hydrogen) atoms. The van der Waals surface area contributed by atoms with E-state index in [9.17, 15) is 24.8 Å². The summed E-state index contributed by atoms with van der Waals surface area (Å²) in [5, 5.41) is 23.3. The van der Waals surface area contributed by atoms with Gasteiger partial charge in [0.15, 0.2) is 0 Å². The molecule has 1 aromatic carbocycles. The third-order valence-corrected chi connectivity index (χ3v) is 5.26. The van der Waals surface area contributed by atoms with Gasteiger partial charge in [0, 0.05) is 28.8 Å². The molecule has 0 saturated carbocycles. The van der Waals surface area contributed by atoms with Crippen molar-refractivity contribution in [3.8, 4) is 0 Å². The molecule has 1 amide bonds. The number of rotatable bonds is 9. The lowest BCUT2D eigenvalue weighted by molar-refractivity contribution is -0.384. The lowest BCUT2D eigenvalue weighted by Crippen LogP contribution is -2.42. The van der Waals surface area contributed by atoms with Crippen molar-refractivity contribution in [2.24, 2.45) is 5.41 Å². The molecule has 8 heteroatoms. The quantitative estimate of drug-likeness (QED) is 0.390. The molecular weight excluding hydrogens is 344 g/mol. The van der Waals surface area contributed by atoms with Gasteiger partial charge in [-0.3, -0.25) is 19.7 Å². The van der Waals surface area contributed by atoms with Gasteiger partial charge in [-0.15, -0.1) is 11.8 Å². The van der Waals surface area contributed by atoms with Gasteiger partial charge in [0.25, 0.3) is 11.6 Å². The van der Waals surface area contributed by atoms with Crippen molar-refractivity contribution in [2.45, 2.75) is 50.7 Å². The van der Waals surface area contributed by atoms with Gasteiger partial charge in [0.05, 0.1) is 15.9 Å². The number of nitro benzene ring substituents is 1. The Bertz CT molecular complexity index is 656. The number of hydrogen-bond acceptors (Lipinski definition) is 5. The minimum atomic E-state index is -1.04. The van der Waals surface area contributed by atoms with Crippen LogP contribution in [0.2, 0.25) is 0 Å². The normalized spacial score (nSPS) is 11.4. The van der Waals surface area contributed by atoms with Gasteiger partial charge in [-0.2, -0.15) is 0 Å². The van der Waals surface area contributed by atoms with Gasteiger partial charge >= 0.3 is 5.97 Å². The third-order valence-electron chi connectivity index (χ3n) is 4.18. The standard InChI is InChI=1S/C17H24N2O5S/c1-5-17(6-2,16(21)22)10-18-15(20)13-9-12(19(23)24)7-8-14(13)25-11(3)4/h7-9,11H,5-6,10H2,1-4H3,(H,18,20)(H,21,22). The van der Waals surface area contributed by atoms with E-state index in [1.54, 1.807) is 19.9 Å². The highest BCUT2D eigenvalue weighted by Gasteiger charge is 2.35. The van der Waals surface area contributed by atoms with Gasteiger partial charge in [-0.1, -0.05) is 27.7 Å². The van der Waals surface area contributed by atoms with Crippen LogP contribution in [0, 0.1) is 15.5 Å². The summed E-state index contributed by atoms with van der Waals surface area (Å²) in [7, 11) is 0. The first-order valence-electron chi connectivity index (χ1n) is 8.13. The molecule has 0 saturated heterocycles. The second kappa shape index (κ2) is 8.84. The number of nitro groups is 1. The van der Waals surface area contributed by atoms with Gasteiger partial charge in [0.1, 0.15) is 0 Å². The number of non-ortho nitro benzene ring substituents is 1. The molecule has 0 atom stereocenters. The smallest absolute Gasteiger partial charge is 0.311 e. The molecule has 1 rings (SSSR count). The molecule has 0 aliphatic heterocycles. The minimum absolute atomic E-state index is 0.0252. The van der Waals surface area contributed by atoms with Crippen LogP contribution in [0.15, 0.2) is 23.1 Å². The van der Waals surface area contributed by atoms with Crippen molar-refractivity contribution in [3.63, 3.8) is 0 Å². The van der Waals surface area contributed by atoms with E-state index in [0.29, 0.717) is 17.7 Å². The van der Waals surface area contributed by atoms with E-state index in [4.69, 9.17) is 0 Å². The van der Waals surface area contributed by atoms with Crippen molar-refractivity contribution in [3.05, 3.63) is 33.9 Å². The zero-order valence-corrected chi connectivity index (χ0v) is 15.7. The highest BCUT2D eigenvalue weighted by atomic mass is 32.2. The molecule has 0 fully saturated rings. The van der Waals surface area contributed by atoms with Crippen molar-refractivity contribution in [2.75, 3.05) is 6.54 Å². The average molecular weight is 368 g/mol. The summed E-state index contributed by atoms with van der Waals surface area (Å²) in [6.07, 6.45) is 0.753. The van der Waals surface area contributed by atoms with Crippen LogP contribution < -0.4 is 5.32 Å². The summed E-state index contributed by atoms with van der Waals surface area (Å²) in [4.78, 5) is 35.2. The molecular formula is C17H24N2O5S. The van der Waals surface area contributed by atoms with Crippen LogP contribution in [0.1, 0.15) is 50.9 Å². The first kappa shape index (κ1) is 21.0. The molecule has 0 aliphatic carbocycles. The highest BCUT2D eigenvalue weighted by molar-refractivity contribution is 8.00. The fraction of sp³-hybridized carbons (Fsp3) is 0.529. The van der Waals surface area contributed by atoms with E-state index >= 15 is 0 Å². The number of nitrogens with zero attached hydrogens (tertiary/aromatic N) is 1. The second-order valence-electron chi connectivity index (χ2n) is 6.08. The summed E-state index contributed by atoms with van der Waals surface area (Å²) in [6, 6.07) is 4.16. The number of carbonyl (C=O) groups is 2. The van der Waals surface area contributed by atoms with Crippen molar-refractivity contribution in [1.29, 1.82) is 0 Å². The molecule has 0 spiro atoms. The number of nitrogens with one attached hydrogen (secondary N) is 1. The van der Waals surface area contributed by atoms with Gasteiger partial charge in [-0.25, -0.2) is 0 Å². The zero-order chi connectivity index (χ0) is 19.2. The Hall–Kier alpha value is -2.09. The van der Waals surface area contributed by atoms with E-state index in [-0.39, 0.29) is 23.0 Å². The number of carboxylic acids is 1. The Balaban J connectivity index is 3.11. The lowest BCUT2D eigenvalue weighted by Gasteiger charge is -2.27. The Labute approximate surface area is 151 Å². The summed E-state index contributed by atoms with van der Waals surface area (Å²) in [5.41, 5.74) is -1.02. The maximum absolute atomic E-state index is 12.6. The van der Waals surface area contributed by atoms with Crippen LogP contribution in [0.4, 0.5) is 5.69 Å². The number of benzene rings is 1. The number of carboxylic acid groups (broad SMARTS) is 1. The SMILES string of the molecule is CCC(CC)(CNC(=O)c1cc([N+](=O)[O-])ccc1SC(C)C)C(=O)O.